The predicted octanol–water partition coefficient (Wildman–Crippen LogP) is 4.38. The van der Waals surface area contributed by atoms with E-state index >= 15 is 0 Å². The van der Waals surface area contributed by atoms with Crippen molar-refractivity contribution in [2.24, 2.45) is 5.34 Å². The fourth-order valence-corrected chi connectivity index (χ4v) is 2.85. The number of carbonyl (C=O) groups excluding carboxylic acids is 2. The molecule has 9 nitrogen and oxygen atoms in total. The normalized spacial score (nSPS) is 15.4. The second kappa shape index (κ2) is 11.1. The highest BCUT2D eigenvalue weighted by atomic mass is 19.4. The molecular formula is C19H17F6NO8. The Balaban J connectivity index is 2.22. The van der Waals surface area contributed by atoms with Crippen molar-refractivity contribution in [1.29, 1.82) is 0 Å². The van der Waals surface area contributed by atoms with Gasteiger partial charge in [-0.3, -0.25) is 4.79 Å². The molecule has 0 saturated carbocycles. The molecule has 1 aliphatic heterocycles. The van der Waals surface area contributed by atoms with Gasteiger partial charge in [0.05, 0.1) is 5.57 Å². The molecule has 0 amide bonds. The van der Waals surface area contributed by atoms with Crippen LogP contribution in [0.5, 0.6) is 11.5 Å². The lowest BCUT2D eigenvalue weighted by atomic mass is 9.97. The summed E-state index contributed by atoms with van der Waals surface area (Å²) < 4.78 is 96.3. The number of halogens is 6. The fourth-order valence-electron chi connectivity index (χ4n) is 2.85. The highest BCUT2D eigenvalue weighted by molar-refractivity contribution is 5.96. The zero-order chi connectivity index (χ0) is 25.5. The minimum atomic E-state index is -5.09. The molecule has 2 rings (SSSR count). The van der Waals surface area contributed by atoms with Crippen LogP contribution in [0.1, 0.15) is 30.9 Å². The Bertz CT molecular complexity index is 944. The molecule has 1 aliphatic rings. The number of aryl methyl sites for hydroxylation is 1. The molecule has 0 spiro atoms. The Labute approximate surface area is 187 Å². The molecule has 1 atom stereocenters. The van der Waals surface area contributed by atoms with Crippen LogP contribution >= 0.6 is 0 Å². The van der Waals surface area contributed by atoms with E-state index < -0.39 is 48.7 Å². The largest absolute Gasteiger partial charge is 0.573 e. The van der Waals surface area contributed by atoms with Crippen LogP contribution in [0.3, 0.4) is 0 Å². The Morgan fingerprint density at radius 3 is 2.41 bits per heavy atom. The summed E-state index contributed by atoms with van der Waals surface area (Å²) in [6.45, 7) is 0.244. The van der Waals surface area contributed by atoms with Crippen molar-refractivity contribution in [2.75, 3.05) is 13.4 Å². The quantitative estimate of drug-likeness (QED) is 0.116. The first-order chi connectivity index (χ1) is 15.9. The van der Waals surface area contributed by atoms with E-state index in [1.165, 1.54) is 6.92 Å². The van der Waals surface area contributed by atoms with Gasteiger partial charge in [0.25, 0.3) is 0 Å². The van der Waals surface area contributed by atoms with Gasteiger partial charge in [-0.25, -0.2) is 4.79 Å². The van der Waals surface area contributed by atoms with Crippen LogP contribution in [-0.4, -0.2) is 44.0 Å². The summed E-state index contributed by atoms with van der Waals surface area (Å²) in [6.07, 6.45) is -12.5. The molecule has 188 valence electrons. The number of benzene rings is 1. The molecule has 15 heteroatoms. The Morgan fingerprint density at radius 2 is 1.82 bits per heavy atom. The SMILES string of the molecule is CCc1cc(OC(F)(F)F)cc2c1OC(C(F)(F)F)C(C(=O)OCOC(=O)CCCON=O)=C2. The van der Waals surface area contributed by atoms with Gasteiger partial charge < -0.3 is 23.8 Å². The molecule has 34 heavy (non-hydrogen) atoms. The minimum Gasteiger partial charge on any atom is -0.475 e. The number of ether oxygens (including phenoxy) is 4. The summed E-state index contributed by atoms with van der Waals surface area (Å²) in [5, 5.41) is 2.10. The van der Waals surface area contributed by atoms with Crippen molar-refractivity contribution in [3.63, 3.8) is 0 Å². The maximum absolute atomic E-state index is 13.6. The maximum Gasteiger partial charge on any atom is 0.573 e. The van der Waals surface area contributed by atoms with Gasteiger partial charge in [0, 0.05) is 12.0 Å². The van der Waals surface area contributed by atoms with E-state index in [1.54, 1.807) is 0 Å². The molecule has 1 unspecified atom stereocenters. The molecule has 1 heterocycles. The number of nitrogens with zero attached hydrogens (tertiary/aromatic N) is 1. The Morgan fingerprint density at radius 1 is 1.12 bits per heavy atom. The third-order valence-electron chi connectivity index (χ3n) is 4.22. The third kappa shape index (κ3) is 7.52. The third-order valence-corrected chi connectivity index (χ3v) is 4.22. The fraction of sp³-hybridized carbons (Fsp3) is 0.474. The van der Waals surface area contributed by atoms with Crippen LogP contribution in [0, 0.1) is 4.91 Å². The van der Waals surface area contributed by atoms with Gasteiger partial charge in [-0.15, -0.1) is 18.1 Å². The van der Waals surface area contributed by atoms with E-state index in [1.807, 2.05) is 0 Å². The first kappa shape index (κ1) is 26.7. The van der Waals surface area contributed by atoms with Gasteiger partial charge in [-0.05, 0) is 36.6 Å². The maximum atomic E-state index is 13.6. The molecule has 0 bridgehead atoms. The number of hydrogen-bond acceptors (Lipinski definition) is 9. The summed E-state index contributed by atoms with van der Waals surface area (Å²) in [6, 6.07) is 1.64. The molecule has 0 N–H and O–H groups in total. The molecule has 0 saturated heterocycles. The van der Waals surface area contributed by atoms with Crippen molar-refractivity contribution < 1.29 is 59.7 Å². The van der Waals surface area contributed by atoms with Gasteiger partial charge in [-0.1, -0.05) is 6.92 Å². The summed E-state index contributed by atoms with van der Waals surface area (Å²) >= 11 is 0. The van der Waals surface area contributed by atoms with Crippen LogP contribution in [0.15, 0.2) is 23.0 Å². The number of alkyl halides is 6. The number of carbonyl (C=O) groups is 2. The lowest BCUT2D eigenvalue weighted by Crippen LogP contribution is -2.41. The zero-order valence-electron chi connectivity index (χ0n) is 17.3. The van der Waals surface area contributed by atoms with Crippen molar-refractivity contribution in [1.82, 2.24) is 0 Å². The van der Waals surface area contributed by atoms with Crippen molar-refractivity contribution in [2.45, 2.75) is 44.8 Å². The Hall–Kier alpha value is -3.52. The molecule has 0 radical (unpaired) electrons. The molecule has 0 aliphatic carbocycles. The van der Waals surface area contributed by atoms with Crippen molar-refractivity contribution >= 4 is 18.0 Å². The monoisotopic (exact) mass is 501 g/mol. The van der Waals surface area contributed by atoms with Gasteiger partial charge in [-0.2, -0.15) is 13.2 Å². The standard InChI is InChI=1S/C19H17F6NO8/c1-2-10-6-12(34-19(23,24)25)7-11-8-13(16(18(20,21)22)33-15(10)11)17(28)31-9-30-14(27)4-3-5-32-26-29/h6-8,16H,2-5,9H2,1H3. The smallest absolute Gasteiger partial charge is 0.475 e. The zero-order valence-corrected chi connectivity index (χ0v) is 17.3. The van der Waals surface area contributed by atoms with E-state index in [9.17, 15) is 40.8 Å². The second-order valence-corrected chi connectivity index (χ2v) is 6.62. The molecular weight excluding hydrogens is 484 g/mol. The number of rotatable bonds is 10. The highest BCUT2D eigenvalue weighted by Gasteiger charge is 2.49. The average molecular weight is 501 g/mol. The number of esters is 2. The van der Waals surface area contributed by atoms with Crippen molar-refractivity contribution in [3.05, 3.63) is 33.7 Å². The van der Waals surface area contributed by atoms with E-state index in [0.717, 1.165) is 12.1 Å². The lowest BCUT2D eigenvalue weighted by molar-refractivity contribution is -0.274. The lowest BCUT2D eigenvalue weighted by Gasteiger charge is -2.29. The van der Waals surface area contributed by atoms with Gasteiger partial charge >= 0.3 is 24.5 Å². The van der Waals surface area contributed by atoms with Crippen LogP contribution < -0.4 is 9.47 Å². The summed E-state index contributed by atoms with van der Waals surface area (Å²) in [5.41, 5.74) is -1.36. The molecule has 0 fully saturated rings. The van der Waals surface area contributed by atoms with Gasteiger partial charge in [0.1, 0.15) is 18.1 Å². The molecule has 1 aromatic carbocycles. The van der Waals surface area contributed by atoms with Crippen LogP contribution in [0.4, 0.5) is 26.3 Å². The van der Waals surface area contributed by atoms with E-state index in [2.05, 4.69) is 24.4 Å². The first-order valence-electron chi connectivity index (χ1n) is 9.50. The summed E-state index contributed by atoms with van der Waals surface area (Å²) in [7, 11) is 0. The van der Waals surface area contributed by atoms with Crippen LogP contribution in [-0.2, 0) is 30.3 Å². The number of fused-ring (bicyclic) bond motifs is 1. The van der Waals surface area contributed by atoms with E-state index in [-0.39, 0.29) is 42.7 Å². The first-order valence-corrected chi connectivity index (χ1v) is 9.50. The summed E-state index contributed by atoms with van der Waals surface area (Å²) in [4.78, 5) is 37.6. The number of hydrogen-bond donors (Lipinski definition) is 0. The Kier molecular flexibility index (Phi) is 8.70. The second-order valence-electron chi connectivity index (χ2n) is 6.62. The van der Waals surface area contributed by atoms with E-state index in [4.69, 9.17) is 4.74 Å². The van der Waals surface area contributed by atoms with Crippen LogP contribution in [0.2, 0.25) is 0 Å². The van der Waals surface area contributed by atoms with E-state index in [0.29, 0.717) is 6.08 Å². The van der Waals surface area contributed by atoms with Crippen molar-refractivity contribution in [3.8, 4) is 11.5 Å². The average Bonchev–Trinajstić information content (AvgIpc) is 2.73. The van der Waals surface area contributed by atoms with Crippen LogP contribution in [0.25, 0.3) is 6.08 Å². The predicted molar refractivity (Wildman–Crippen MR) is 99.0 cm³/mol. The highest BCUT2D eigenvalue weighted by Crippen LogP contribution is 2.42. The van der Waals surface area contributed by atoms with Gasteiger partial charge in [0.2, 0.25) is 12.9 Å². The minimum absolute atomic E-state index is 0.000507. The van der Waals surface area contributed by atoms with Gasteiger partial charge in [0.15, 0.2) is 5.34 Å². The molecule has 0 aromatic heterocycles. The summed E-state index contributed by atoms with van der Waals surface area (Å²) in [5.74, 6) is -3.57. The molecule has 1 aromatic rings. The topological polar surface area (TPSA) is 110 Å².